The van der Waals surface area contributed by atoms with Gasteiger partial charge in [-0.25, -0.2) is 9.37 Å². The molecule has 2 aromatic heterocycles. The van der Waals surface area contributed by atoms with Gasteiger partial charge in [-0.1, -0.05) is 17.3 Å². The molecule has 2 aromatic carbocycles. The number of aryl methyl sites for hydroxylation is 2. The van der Waals surface area contributed by atoms with Crippen molar-refractivity contribution in [2.24, 2.45) is 0 Å². The van der Waals surface area contributed by atoms with Gasteiger partial charge in [0.25, 0.3) is 5.56 Å². The fourth-order valence-electron chi connectivity index (χ4n) is 3.22. The van der Waals surface area contributed by atoms with Crippen molar-refractivity contribution in [3.05, 3.63) is 76.4 Å². The number of halogens is 1. The number of hydrogen-bond acceptors (Lipinski definition) is 6. The summed E-state index contributed by atoms with van der Waals surface area (Å²) in [4.78, 5) is 33.6. The van der Waals surface area contributed by atoms with Crippen molar-refractivity contribution in [1.29, 1.82) is 0 Å². The number of aromatic nitrogens is 4. The van der Waals surface area contributed by atoms with Gasteiger partial charge in [-0.3, -0.25) is 14.2 Å². The third-order valence-corrected chi connectivity index (χ3v) is 4.93. The molecule has 0 fully saturated rings. The molecule has 0 bridgehead atoms. The molecular weight excluding hydrogens is 401 g/mol. The van der Waals surface area contributed by atoms with Crippen LogP contribution in [0, 0.1) is 12.7 Å². The summed E-state index contributed by atoms with van der Waals surface area (Å²) in [5.41, 5.74) is 2.01. The van der Waals surface area contributed by atoms with Crippen molar-refractivity contribution in [3.8, 4) is 11.4 Å². The van der Waals surface area contributed by atoms with E-state index in [-0.39, 0.29) is 36.1 Å². The van der Waals surface area contributed by atoms with E-state index in [1.807, 2.05) is 19.1 Å². The lowest BCUT2D eigenvalue weighted by atomic mass is 10.1. The Labute approximate surface area is 176 Å². The van der Waals surface area contributed by atoms with Crippen LogP contribution in [0.3, 0.4) is 0 Å². The van der Waals surface area contributed by atoms with E-state index in [4.69, 9.17) is 4.52 Å². The average Bonchev–Trinajstić information content (AvgIpc) is 3.25. The van der Waals surface area contributed by atoms with E-state index in [2.05, 4.69) is 20.4 Å². The fourth-order valence-corrected chi connectivity index (χ4v) is 3.22. The molecule has 1 N–H and O–H groups in total. The zero-order chi connectivity index (χ0) is 22.0. The molecule has 4 aromatic rings. The Morgan fingerprint density at radius 3 is 2.77 bits per heavy atom. The molecular formula is C22H20FN5O3. The largest absolute Gasteiger partial charge is 0.345 e. The first-order chi connectivity index (χ1) is 14.9. The highest BCUT2D eigenvalue weighted by Crippen LogP contribution is 2.19. The van der Waals surface area contributed by atoms with Gasteiger partial charge in [-0.15, -0.1) is 0 Å². The Bertz CT molecular complexity index is 1300. The quantitative estimate of drug-likeness (QED) is 0.513. The number of benzene rings is 2. The summed E-state index contributed by atoms with van der Waals surface area (Å²) in [6.45, 7) is 3.80. The Morgan fingerprint density at radius 1 is 1.23 bits per heavy atom. The predicted molar refractivity (Wildman–Crippen MR) is 112 cm³/mol. The Kier molecular flexibility index (Phi) is 5.57. The maximum Gasteiger partial charge on any atom is 0.261 e. The first-order valence-corrected chi connectivity index (χ1v) is 9.76. The lowest BCUT2D eigenvalue weighted by Gasteiger charge is -2.11. The van der Waals surface area contributed by atoms with Crippen LogP contribution >= 0.6 is 0 Å². The van der Waals surface area contributed by atoms with E-state index in [0.29, 0.717) is 22.3 Å². The van der Waals surface area contributed by atoms with Crippen molar-refractivity contribution >= 4 is 16.8 Å². The summed E-state index contributed by atoms with van der Waals surface area (Å²) in [5, 5.41) is 7.17. The summed E-state index contributed by atoms with van der Waals surface area (Å²) in [7, 11) is 0. The molecule has 1 amide bonds. The maximum atomic E-state index is 13.1. The number of carbonyl (C=O) groups is 1. The van der Waals surface area contributed by atoms with Crippen molar-refractivity contribution in [1.82, 2.24) is 25.0 Å². The van der Waals surface area contributed by atoms with Crippen molar-refractivity contribution in [2.45, 2.75) is 32.9 Å². The number of amides is 1. The van der Waals surface area contributed by atoms with Gasteiger partial charge in [0, 0.05) is 18.5 Å². The summed E-state index contributed by atoms with van der Waals surface area (Å²) < 4.78 is 19.7. The molecule has 31 heavy (non-hydrogen) atoms. The average molecular weight is 421 g/mol. The third-order valence-electron chi connectivity index (χ3n) is 4.93. The van der Waals surface area contributed by atoms with E-state index in [1.54, 1.807) is 25.1 Å². The van der Waals surface area contributed by atoms with Gasteiger partial charge in [-0.05, 0) is 49.7 Å². The highest BCUT2D eigenvalue weighted by molar-refractivity contribution is 5.80. The highest BCUT2D eigenvalue weighted by atomic mass is 19.1. The number of carbonyl (C=O) groups excluding carboxylic acids is 1. The number of nitrogens with zero attached hydrogens (tertiary/aromatic N) is 4. The van der Waals surface area contributed by atoms with Gasteiger partial charge in [0.05, 0.1) is 17.2 Å². The smallest absolute Gasteiger partial charge is 0.261 e. The monoisotopic (exact) mass is 421 g/mol. The van der Waals surface area contributed by atoms with Crippen LogP contribution in [-0.4, -0.2) is 25.6 Å². The van der Waals surface area contributed by atoms with Gasteiger partial charge in [0.2, 0.25) is 17.6 Å². The molecule has 1 atom stereocenters. The molecule has 9 heteroatoms. The molecule has 0 spiro atoms. The topological polar surface area (TPSA) is 103 Å². The maximum absolute atomic E-state index is 13.1. The van der Waals surface area contributed by atoms with Crippen LogP contribution in [0.1, 0.15) is 30.8 Å². The standard InChI is InChI=1S/C22H20FN5O3/c1-13-4-3-5-17-19(13)24-12-28(22(17)30)11-10-18(29)25-14(2)21-26-20(27-31-21)15-6-8-16(23)9-7-15/h3-9,12,14H,10-11H2,1-2H3,(H,25,29)/t14-/m1/s1. The molecule has 0 aliphatic carbocycles. The summed E-state index contributed by atoms with van der Waals surface area (Å²) >= 11 is 0. The number of nitrogens with one attached hydrogen (secondary N) is 1. The normalized spacial score (nSPS) is 12.1. The Morgan fingerprint density at radius 2 is 2.00 bits per heavy atom. The molecule has 0 aliphatic rings. The SMILES string of the molecule is Cc1cccc2c(=O)n(CCC(=O)N[C@H](C)c3nc(-c4ccc(F)cc4)no3)cnc12. The summed E-state index contributed by atoms with van der Waals surface area (Å²) in [6.07, 6.45) is 1.55. The summed E-state index contributed by atoms with van der Waals surface area (Å²) in [6, 6.07) is 10.6. The second-order valence-corrected chi connectivity index (χ2v) is 7.22. The summed E-state index contributed by atoms with van der Waals surface area (Å²) in [5.74, 6) is -0.0953. The molecule has 4 rings (SSSR count). The predicted octanol–water partition coefficient (Wildman–Crippen LogP) is 3.16. The van der Waals surface area contributed by atoms with Crippen LogP contribution < -0.4 is 10.9 Å². The van der Waals surface area contributed by atoms with Crippen LogP contribution in [0.4, 0.5) is 4.39 Å². The number of para-hydroxylation sites is 1. The molecule has 158 valence electrons. The third kappa shape index (κ3) is 4.35. The lowest BCUT2D eigenvalue weighted by Crippen LogP contribution is -2.29. The van der Waals surface area contributed by atoms with Crippen LogP contribution in [0.25, 0.3) is 22.3 Å². The fraction of sp³-hybridized carbons (Fsp3) is 0.227. The Hall–Kier alpha value is -3.88. The van der Waals surface area contributed by atoms with Gasteiger partial charge < -0.3 is 9.84 Å². The molecule has 0 aliphatic heterocycles. The highest BCUT2D eigenvalue weighted by Gasteiger charge is 2.18. The van der Waals surface area contributed by atoms with Crippen LogP contribution in [0.5, 0.6) is 0 Å². The van der Waals surface area contributed by atoms with E-state index >= 15 is 0 Å². The molecule has 2 heterocycles. The van der Waals surface area contributed by atoms with Crippen molar-refractivity contribution in [3.63, 3.8) is 0 Å². The van der Waals surface area contributed by atoms with Gasteiger partial charge in [0.1, 0.15) is 11.9 Å². The van der Waals surface area contributed by atoms with Crippen molar-refractivity contribution < 1.29 is 13.7 Å². The van der Waals surface area contributed by atoms with E-state index in [0.717, 1.165) is 5.56 Å². The molecule has 0 saturated carbocycles. The van der Waals surface area contributed by atoms with E-state index in [1.165, 1.54) is 23.0 Å². The Balaban J connectivity index is 1.39. The molecule has 0 radical (unpaired) electrons. The van der Waals surface area contributed by atoms with Crippen LogP contribution in [0.2, 0.25) is 0 Å². The van der Waals surface area contributed by atoms with Crippen LogP contribution in [0.15, 0.2) is 58.1 Å². The number of rotatable bonds is 6. The lowest BCUT2D eigenvalue weighted by molar-refractivity contribution is -0.122. The molecule has 0 saturated heterocycles. The van der Waals surface area contributed by atoms with Crippen molar-refractivity contribution in [2.75, 3.05) is 0 Å². The minimum Gasteiger partial charge on any atom is -0.345 e. The first-order valence-electron chi connectivity index (χ1n) is 9.76. The van der Waals surface area contributed by atoms with E-state index < -0.39 is 6.04 Å². The number of hydrogen-bond donors (Lipinski definition) is 1. The zero-order valence-electron chi connectivity index (χ0n) is 17.0. The zero-order valence-corrected chi connectivity index (χ0v) is 17.0. The van der Waals surface area contributed by atoms with Gasteiger partial charge >= 0.3 is 0 Å². The minimum absolute atomic E-state index is 0.0855. The second kappa shape index (κ2) is 8.47. The number of fused-ring (bicyclic) bond motifs is 1. The van der Waals surface area contributed by atoms with Crippen LogP contribution in [-0.2, 0) is 11.3 Å². The second-order valence-electron chi connectivity index (χ2n) is 7.22. The van der Waals surface area contributed by atoms with Gasteiger partial charge in [0.15, 0.2) is 0 Å². The molecule has 8 nitrogen and oxygen atoms in total. The first kappa shape index (κ1) is 20.4. The van der Waals surface area contributed by atoms with E-state index in [9.17, 15) is 14.0 Å². The molecule has 0 unspecified atom stereocenters. The minimum atomic E-state index is -0.525. The van der Waals surface area contributed by atoms with Gasteiger partial charge in [-0.2, -0.15) is 4.98 Å².